The molecule has 2 heterocycles. The van der Waals surface area contributed by atoms with Gasteiger partial charge in [0.2, 0.25) is 0 Å². The van der Waals surface area contributed by atoms with Crippen LogP contribution in [-0.2, 0) is 0 Å². The number of benzene rings is 9. The molecule has 0 unspecified atom stereocenters. The van der Waals surface area contributed by atoms with Crippen molar-refractivity contribution in [3.8, 4) is 22.3 Å². The number of anilines is 3. The third-order valence-corrected chi connectivity index (χ3v) is 10.9. The number of para-hydroxylation sites is 1. The Kier molecular flexibility index (Phi) is 6.86. The summed E-state index contributed by atoms with van der Waals surface area (Å²) in [6.45, 7) is 0. The molecule has 0 aliphatic carbocycles. The molecule has 0 saturated heterocycles. The van der Waals surface area contributed by atoms with Crippen LogP contribution >= 0.6 is 0 Å². The van der Waals surface area contributed by atoms with Crippen LogP contribution in [0.1, 0.15) is 0 Å². The fraction of sp³-hybridized carbons (Fsp3) is 0. The van der Waals surface area contributed by atoms with E-state index in [0.717, 1.165) is 44.9 Å². The van der Waals surface area contributed by atoms with Gasteiger partial charge >= 0.3 is 0 Å². The van der Waals surface area contributed by atoms with Crippen molar-refractivity contribution < 1.29 is 0 Å². The number of fused-ring (bicyclic) bond motifs is 7. The van der Waals surface area contributed by atoms with E-state index in [-0.39, 0.29) is 0 Å². The first-order valence-electron chi connectivity index (χ1n) is 18.5. The molecule has 0 atom stereocenters. The molecule has 0 aliphatic rings. The third-order valence-electron chi connectivity index (χ3n) is 10.9. The Bertz CT molecular complexity index is 3230. The number of hydrogen-bond acceptors (Lipinski definition) is 2. The molecule has 3 nitrogen and oxygen atoms in total. The van der Waals surface area contributed by atoms with E-state index in [9.17, 15) is 0 Å². The lowest BCUT2D eigenvalue weighted by Crippen LogP contribution is -2.11. The average molecular weight is 688 g/mol. The van der Waals surface area contributed by atoms with Crippen molar-refractivity contribution in [2.24, 2.45) is 0 Å². The molecule has 3 heteroatoms. The Hall–Kier alpha value is -7.23. The summed E-state index contributed by atoms with van der Waals surface area (Å²) < 4.78 is 2.33. The van der Waals surface area contributed by atoms with E-state index < -0.39 is 0 Å². The molecule has 0 amide bonds. The summed E-state index contributed by atoms with van der Waals surface area (Å²) in [6, 6.07) is 69.9. The number of rotatable bonds is 5. The van der Waals surface area contributed by atoms with Gasteiger partial charge in [-0.2, -0.15) is 0 Å². The second-order valence-electron chi connectivity index (χ2n) is 14.0. The lowest BCUT2D eigenvalue weighted by molar-refractivity contribution is 1.19. The van der Waals surface area contributed by atoms with Crippen molar-refractivity contribution in [2.75, 3.05) is 4.90 Å². The van der Waals surface area contributed by atoms with E-state index in [2.05, 4.69) is 210 Å². The Morgan fingerprint density at radius 1 is 0.389 bits per heavy atom. The fourth-order valence-electron chi connectivity index (χ4n) is 8.43. The summed E-state index contributed by atoms with van der Waals surface area (Å²) >= 11 is 0. The topological polar surface area (TPSA) is 20.5 Å². The van der Waals surface area contributed by atoms with Gasteiger partial charge in [0.1, 0.15) is 5.65 Å². The van der Waals surface area contributed by atoms with Gasteiger partial charge in [0.25, 0.3) is 0 Å². The van der Waals surface area contributed by atoms with Crippen LogP contribution in [0.4, 0.5) is 17.1 Å². The van der Waals surface area contributed by atoms with E-state index in [1.807, 2.05) is 0 Å². The average Bonchev–Trinajstić information content (AvgIpc) is 3.61. The minimum absolute atomic E-state index is 0.902. The van der Waals surface area contributed by atoms with Gasteiger partial charge in [0.05, 0.1) is 22.4 Å². The highest BCUT2D eigenvalue weighted by Gasteiger charge is 2.23. The number of aromatic nitrogens is 2. The zero-order valence-electron chi connectivity index (χ0n) is 29.4. The van der Waals surface area contributed by atoms with Crippen LogP contribution in [-0.4, -0.2) is 9.38 Å². The first-order valence-corrected chi connectivity index (χ1v) is 18.5. The predicted octanol–water partition coefficient (Wildman–Crippen LogP) is 13.9. The molecule has 0 fully saturated rings. The summed E-state index contributed by atoms with van der Waals surface area (Å²) in [5.41, 5.74) is 10.9. The Morgan fingerprint density at radius 2 is 0.944 bits per heavy atom. The summed E-state index contributed by atoms with van der Waals surface area (Å²) in [4.78, 5) is 7.88. The highest BCUT2D eigenvalue weighted by molar-refractivity contribution is 6.21. The van der Waals surface area contributed by atoms with E-state index in [0.29, 0.717) is 0 Å². The molecule has 9 aromatic carbocycles. The molecular formula is C51H33N3. The molecular weight excluding hydrogens is 655 g/mol. The van der Waals surface area contributed by atoms with E-state index in [1.165, 1.54) is 54.2 Å². The maximum Gasteiger partial charge on any atom is 0.138 e. The van der Waals surface area contributed by atoms with Gasteiger partial charge in [0, 0.05) is 28.4 Å². The quantitative estimate of drug-likeness (QED) is 0.180. The third kappa shape index (κ3) is 4.79. The Balaban J connectivity index is 1.26. The number of imidazole rings is 1. The van der Waals surface area contributed by atoms with Crippen molar-refractivity contribution in [2.45, 2.75) is 0 Å². The van der Waals surface area contributed by atoms with E-state index in [4.69, 9.17) is 4.98 Å². The standard InChI is InChI=1S/C51H33N3/c1-2-19-41(20-3-1)54(46-24-12-18-36-15-8-9-21-43(36)46)42-29-30-47-52-50-48(39-27-25-34-13-4-6-16-37(34)31-39)44-22-10-11-23-45(44)49(51(50)53(47)33-42)40-28-26-35-14-5-7-17-38(35)32-40/h1-33H. The second-order valence-corrected chi connectivity index (χ2v) is 14.0. The molecule has 0 radical (unpaired) electrons. The SMILES string of the molecule is c1ccc(N(c2ccc3nc4c(-c5ccc6ccccc6c5)c5ccccc5c(-c5ccc6ccccc6c5)c4n3c2)c2cccc3ccccc23)cc1. The molecule has 0 bridgehead atoms. The van der Waals surface area contributed by atoms with Gasteiger partial charge in [-0.3, -0.25) is 4.40 Å². The number of nitrogens with zero attached hydrogens (tertiary/aromatic N) is 3. The lowest BCUT2D eigenvalue weighted by Gasteiger charge is -2.27. The maximum absolute atomic E-state index is 5.51. The zero-order chi connectivity index (χ0) is 35.6. The van der Waals surface area contributed by atoms with Crippen LogP contribution in [0.15, 0.2) is 200 Å². The van der Waals surface area contributed by atoms with Crippen molar-refractivity contribution in [3.05, 3.63) is 200 Å². The molecule has 0 spiro atoms. The monoisotopic (exact) mass is 687 g/mol. The highest BCUT2D eigenvalue weighted by Crippen LogP contribution is 2.46. The number of pyridine rings is 1. The largest absolute Gasteiger partial charge is 0.308 e. The van der Waals surface area contributed by atoms with E-state index >= 15 is 0 Å². The predicted molar refractivity (Wildman–Crippen MR) is 228 cm³/mol. The molecule has 11 rings (SSSR count). The van der Waals surface area contributed by atoms with Crippen molar-refractivity contribution in [3.63, 3.8) is 0 Å². The normalized spacial score (nSPS) is 11.7. The molecule has 11 aromatic rings. The first-order chi connectivity index (χ1) is 26.8. The highest BCUT2D eigenvalue weighted by atomic mass is 15.2. The zero-order valence-corrected chi connectivity index (χ0v) is 29.4. The van der Waals surface area contributed by atoms with Crippen LogP contribution in [0.3, 0.4) is 0 Å². The second kappa shape index (κ2) is 12.2. The first kappa shape index (κ1) is 30.4. The summed E-state index contributed by atoms with van der Waals surface area (Å²) in [7, 11) is 0. The van der Waals surface area contributed by atoms with Crippen LogP contribution in [0, 0.1) is 0 Å². The number of hydrogen-bond donors (Lipinski definition) is 0. The minimum atomic E-state index is 0.902. The van der Waals surface area contributed by atoms with Gasteiger partial charge in [0.15, 0.2) is 0 Å². The summed E-state index contributed by atoms with van der Waals surface area (Å²) in [5.74, 6) is 0. The van der Waals surface area contributed by atoms with Crippen LogP contribution in [0.25, 0.3) is 82.0 Å². The molecule has 2 aromatic heterocycles. The van der Waals surface area contributed by atoms with Gasteiger partial charge in [-0.15, -0.1) is 0 Å². The molecule has 0 aliphatic heterocycles. The maximum atomic E-state index is 5.51. The van der Waals surface area contributed by atoms with Crippen LogP contribution in [0.5, 0.6) is 0 Å². The smallest absolute Gasteiger partial charge is 0.138 e. The van der Waals surface area contributed by atoms with Crippen molar-refractivity contribution >= 4 is 76.8 Å². The minimum Gasteiger partial charge on any atom is -0.308 e. The van der Waals surface area contributed by atoms with Crippen LogP contribution in [0.2, 0.25) is 0 Å². The summed E-state index contributed by atoms with van der Waals surface area (Å²) in [5, 5.41) is 9.67. The fourth-order valence-corrected chi connectivity index (χ4v) is 8.43. The Morgan fingerprint density at radius 3 is 1.65 bits per heavy atom. The van der Waals surface area contributed by atoms with Gasteiger partial charge < -0.3 is 4.90 Å². The molecule has 0 saturated carbocycles. The molecule has 54 heavy (non-hydrogen) atoms. The summed E-state index contributed by atoms with van der Waals surface area (Å²) in [6.07, 6.45) is 2.28. The lowest BCUT2D eigenvalue weighted by atomic mass is 9.89. The van der Waals surface area contributed by atoms with Crippen molar-refractivity contribution in [1.82, 2.24) is 9.38 Å². The van der Waals surface area contributed by atoms with Gasteiger partial charge in [-0.25, -0.2) is 4.98 Å². The van der Waals surface area contributed by atoms with Crippen LogP contribution < -0.4 is 4.90 Å². The van der Waals surface area contributed by atoms with Gasteiger partial charge in [-0.1, -0.05) is 152 Å². The Labute approximate surface area is 312 Å². The molecule has 0 N–H and O–H groups in total. The van der Waals surface area contributed by atoms with Crippen molar-refractivity contribution in [1.29, 1.82) is 0 Å². The van der Waals surface area contributed by atoms with E-state index in [1.54, 1.807) is 0 Å². The molecule has 252 valence electrons. The van der Waals surface area contributed by atoms with Gasteiger partial charge in [-0.05, 0) is 91.3 Å².